The van der Waals surface area contributed by atoms with Gasteiger partial charge in [0.05, 0.1) is 0 Å². The second-order valence-corrected chi connectivity index (χ2v) is 13.4. The van der Waals surface area contributed by atoms with Crippen LogP contribution < -0.4 is 0 Å². The maximum absolute atomic E-state index is 2.37. The molecule has 0 nitrogen and oxygen atoms in total. The molecule has 0 bridgehead atoms. The van der Waals surface area contributed by atoms with Gasteiger partial charge in [-0.3, -0.25) is 0 Å². The lowest BCUT2D eigenvalue weighted by molar-refractivity contribution is 0.660. The fourth-order valence-electron chi connectivity index (χ4n) is 7.69. The van der Waals surface area contributed by atoms with E-state index in [1.54, 1.807) is 0 Å². The molecule has 240 valence electrons. The molecule has 0 spiro atoms. The molecule has 0 heterocycles. The van der Waals surface area contributed by atoms with E-state index in [9.17, 15) is 0 Å². The lowest BCUT2D eigenvalue weighted by Crippen LogP contribution is -2.14. The Morgan fingerprint density at radius 3 is 1.53 bits per heavy atom. The fraction of sp³-hybridized carbons (Fsp3) is 0.143. The summed E-state index contributed by atoms with van der Waals surface area (Å²) in [5.74, 6) is 0. The van der Waals surface area contributed by atoms with Crippen molar-refractivity contribution >= 4 is 0 Å². The van der Waals surface area contributed by atoms with Crippen LogP contribution in [0.1, 0.15) is 49.9 Å². The van der Waals surface area contributed by atoms with E-state index in [0.29, 0.717) is 0 Å². The molecule has 0 atom stereocenters. The van der Waals surface area contributed by atoms with Gasteiger partial charge in [0.25, 0.3) is 0 Å². The molecule has 0 saturated heterocycles. The maximum Gasteiger partial charge on any atom is 0.0159 e. The van der Waals surface area contributed by atoms with Crippen LogP contribution >= 0.6 is 0 Å². The van der Waals surface area contributed by atoms with Gasteiger partial charge in [0.1, 0.15) is 0 Å². The van der Waals surface area contributed by atoms with E-state index >= 15 is 0 Å². The molecule has 0 aliphatic heterocycles. The first kappa shape index (κ1) is 32.1. The molecule has 0 unspecified atom stereocenters. The number of fused-ring (bicyclic) bond motifs is 3. The SMILES string of the molecule is CC.Cc1ccccc1-c1cc(-c2ccccc2)cc(-c2cccc(-c3cccc(-c4cccc5c4-c4ccccc4C5(C)C)c3)c2)c1C. The van der Waals surface area contributed by atoms with Crippen molar-refractivity contribution in [1.82, 2.24) is 0 Å². The van der Waals surface area contributed by atoms with Crippen LogP contribution in [0.25, 0.3) is 66.8 Å². The summed E-state index contributed by atoms with van der Waals surface area (Å²) in [7, 11) is 0. The number of hydrogen-bond acceptors (Lipinski definition) is 0. The second-order valence-electron chi connectivity index (χ2n) is 13.4. The Morgan fingerprint density at radius 1 is 0.347 bits per heavy atom. The summed E-state index contributed by atoms with van der Waals surface area (Å²) >= 11 is 0. The molecule has 7 aromatic rings. The summed E-state index contributed by atoms with van der Waals surface area (Å²) in [4.78, 5) is 0. The third-order valence-electron chi connectivity index (χ3n) is 10.2. The number of benzene rings is 7. The lowest BCUT2D eigenvalue weighted by atomic mass is 9.82. The molecule has 49 heavy (non-hydrogen) atoms. The quantitative estimate of drug-likeness (QED) is 0.177. The standard InChI is InChI=1S/C47H38.C2H6/c1-31-15-8-9-22-39(31)43-30-38(33-16-6-5-7-17-33)29-42(32(43)2)37-21-13-19-35(28-37)34-18-12-20-36(27-34)40-24-14-26-45-46(40)41-23-10-11-25-44(41)47(45,3)4;1-2/h5-30H,1-4H3;1-2H3. The molecule has 0 N–H and O–H groups in total. The van der Waals surface area contributed by atoms with Crippen LogP contribution in [0.5, 0.6) is 0 Å². The Labute approximate surface area is 292 Å². The highest BCUT2D eigenvalue weighted by molar-refractivity contribution is 5.93. The van der Waals surface area contributed by atoms with Crippen LogP contribution in [0.2, 0.25) is 0 Å². The average molecular weight is 633 g/mol. The summed E-state index contributed by atoms with van der Waals surface area (Å²) in [5, 5.41) is 0. The molecular weight excluding hydrogens is 589 g/mol. The number of aryl methyl sites for hydroxylation is 1. The maximum atomic E-state index is 2.37. The van der Waals surface area contributed by atoms with Gasteiger partial charge in [-0.1, -0.05) is 161 Å². The van der Waals surface area contributed by atoms with E-state index < -0.39 is 0 Å². The van der Waals surface area contributed by atoms with Gasteiger partial charge in [-0.05, 0) is 127 Å². The predicted molar refractivity (Wildman–Crippen MR) is 212 cm³/mol. The van der Waals surface area contributed by atoms with Gasteiger partial charge in [-0.2, -0.15) is 0 Å². The van der Waals surface area contributed by atoms with E-state index in [0.717, 1.165) is 0 Å². The molecule has 1 aliphatic carbocycles. The van der Waals surface area contributed by atoms with Crippen molar-refractivity contribution < 1.29 is 0 Å². The minimum atomic E-state index is -0.0167. The van der Waals surface area contributed by atoms with E-state index in [2.05, 4.69) is 185 Å². The van der Waals surface area contributed by atoms with Gasteiger partial charge < -0.3 is 0 Å². The average Bonchev–Trinajstić information content (AvgIpc) is 3.39. The van der Waals surface area contributed by atoms with Crippen molar-refractivity contribution in [2.24, 2.45) is 0 Å². The van der Waals surface area contributed by atoms with Crippen LogP contribution in [-0.4, -0.2) is 0 Å². The number of rotatable bonds is 5. The Bertz CT molecular complexity index is 2280. The predicted octanol–water partition coefficient (Wildman–Crippen LogP) is 14.0. The van der Waals surface area contributed by atoms with Crippen molar-refractivity contribution in [1.29, 1.82) is 0 Å². The zero-order valence-corrected chi connectivity index (χ0v) is 29.5. The third kappa shape index (κ3) is 5.72. The first-order valence-electron chi connectivity index (χ1n) is 17.6. The van der Waals surface area contributed by atoms with E-state index in [1.165, 1.54) is 89.0 Å². The first-order chi connectivity index (χ1) is 23.9. The molecule has 1 aliphatic rings. The van der Waals surface area contributed by atoms with Gasteiger partial charge >= 0.3 is 0 Å². The van der Waals surface area contributed by atoms with Crippen molar-refractivity contribution in [3.05, 3.63) is 180 Å². The minimum absolute atomic E-state index is 0.0167. The van der Waals surface area contributed by atoms with Crippen LogP contribution in [0, 0.1) is 13.8 Å². The molecule has 0 heteroatoms. The highest BCUT2D eigenvalue weighted by atomic mass is 14.4. The molecule has 0 aromatic heterocycles. The highest BCUT2D eigenvalue weighted by Crippen LogP contribution is 2.52. The van der Waals surface area contributed by atoms with Gasteiger partial charge in [-0.15, -0.1) is 0 Å². The second kappa shape index (κ2) is 13.2. The smallest absolute Gasteiger partial charge is 0.0159 e. The summed E-state index contributed by atoms with van der Waals surface area (Å²) in [6.45, 7) is 13.2. The van der Waals surface area contributed by atoms with Crippen molar-refractivity contribution in [2.75, 3.05) is 0 Å². The first-order valence-corrected chi connectivity index (χ1v) is 17.6. The summed E-state index contributed by atoms with van der Waals surface area (Å²) < 4.78 is 0. The molecule has 0 amide bonds. The Balaban J connectivity index is 0.00000186. The van der Waals surface area contributed by atoms with Gasteiger partial charge in [0, 0.05) is 5.41 Å². The van der Waals surface area contributed by atoms with Crippen LogP contribution in [0.4, 0.5) is 0 Å². The van der Waals surface area contributed by atoms with Gasteiger partial charge in [0.2, 0.25) is 0 Å². The Kier molecular flexibility index (Phi) is 8.66. The zero-order valence-electron chi connectivity index (χ0n) is 29.5. The molecule has 7 aromatic carbocycles. The summed E-state index contributed by atoms with van der Waals surface area (Å²) in [6.07, 6.45) is 0. The van der Waals surface area contributed by atoms with Crippen LogP contribution in [0.15, 0.2) is 158 Å². The van der Waals surface area contributed by atoms with Crippen molar-refractivity contribution in [3.63, 3.8) is 0 Å². The Morgan fingerprint density at radius 2 is 0.837 bits per heavy atom. The van der Waals surface area contributed by atoms with E-state index in [4.69, 9.17) is 0 Å². The normalized spacial score (nSPS) is 12.4. The zero-order chi connectivity index (χ0) is 34.1. The molecule has 0 radical (unpaired) electrons. The largest absolute Gasteiger partial charge is 0.0683 e. The van der Waals surface area contributed by atoms with Crippen LogP contribution in [-0.2, 0) is 5.41 Å². The van der Waals surface area contributed by atoms with Crippen molar-refractivity contribution in [3.8, 4) is 66.8 Å². The van der Waals surface area contributed by atoms with Crippen LogP contribution in [0.3, 0.4) is 0 Å². The minimum Gasteiger partial charge on any atom is -0.0683 e. The van der Waals surface area contributed by atoms with Gasteiger partial charge in [-0.25, -0.2) is 0 Å². The van der Waals surface area contributed by atoms with E-state index in [1.807, 2.05) is 13.8 Å². The summed E-state index contributed by atoms with van der Waals surface area (Å²) in [5.41, 5.74) is 20.6. The molecule has 0 saturated carbocycles. The fourth-order valence-corrected chi connectivity index (χ4v) is 7.69. The topological polar surface area (TPSA) is 0 Å². The molecule has 8 rings (SSSR count). The Hall–Kier alpha value is -5.46. The van der Waals surface area contributed by atoms with Crippen molar-refractivity contribution in [2.45, 2.75) is 47.0 Å². The number of hydrogen-bond donors (Lipinski definition) is 0. The third-order valence-corrected chi connectivity index (χ3v) is 10.2. The van der Waals surface area contributed by atoms with Gasteiger partial charge in [0.15, 0.2) is 0 Å². The molecular formula is C49H44. The summed E-state index contributed by atoms with van der Waals surface area (Å²) in [6, 6.07) is 58.1. The van der Waals surface area contributed by atoms with E-state index in [-0.39, 0.29) is 5.41 Å². The lowest BCUT2D eigenvalue weighted by Gasteiger charge is -2.21. The molecule has 0 fully saturated rings. The monoisotopic (exact) mass is 632 g/mol. The highest BCUT2D eigenvalue weighted by Gasteiger charge is 2.36.